The van der Waals surface area contributed by atoms with Crippen LogP contribution in [0.4, 0.5) is 5.69 Å². The summed E-state index contributed by atoms with van der Waals surface area (Å²) < 4.78 is 2.77. The van der Waals surface area contributed by atoms with E-state index in [-0.39, 0.29) is 5.91 Å². The molecule has 0 unspecified atom stereocenters. The van der Waals surface area contributed by atoms with Gasteiger partial charge in [-0.1, -0.05) is 40.2 Å². The number of carbonyl (C=O) groups excluding carboxylic acids is 1. The molecule has 1 amide bonds. The summed E-state index contributed by atoms with van der Waals surface area (Å²) in [5.41, 5.74) is 5.34. The summed E-state index contributed by atoms with van der Waals surface area (Å²) in [6, 6.07) is 13.7. The highest BCUT2D eigenvalue weighted by Crippen LogP contribution is 2.22. The van der Waals surface area contributed by atoms with Gasteiger partial charge >= 0.3 is 0 Å². The summed E-state index contributed by atoms with van der Waals surface area (Å²) in [4.78, 5) is 12.6. The largest absolute Gasteiger partial charge is 0.322 e. The maximum atomic E-state index is 12.6. The highest BCUT2D eigenvalue weighted by atomic mass is 79.9. The fourth-order valence-electron chi connectivity index (χ4n) is 2.55. The van der Waals surface area contributed by atoms with Crippen LogP contribution in [-0.2, 0) is 0 Å². The lowest BCUT2D eigenvalue weighted by atomic mass is 10.2. The quantitative estimate of drug-likeness (QED) is 0.704. The van der Waals surface area contributed by atoms with E-state index in [9.17, 15) is 4.79 Å². The summed E-state index contributed by atoms with van der Waals surface area (Å²) >= 11 is 3.48. The molecule has 3 rings (SSSR count). The highest BCUT2D eigenvalue weighted by Gasteiger charge is 2.16. The molecule has 0 bridgehead atoms. The van der Waals surface area contributed by atoms with E-state index in [1.54, 1.807) is 10.9 Å². The van der Waals surface area contributed by atoms with Crippen LogP contribution in [0.15, 0.2) is 53.1 Å². The zero-order valence-corrected chi connectivity index (χ0v) is 15.4. The molecule has 4 nitrogen and oxygen atoms in total. The number of halogens is 1. The van der Waals surface area contributed by atoms with Crippen molar-refractivity contribution in [2.75, 3.05) is 5.32 Å². The molecule has 0 spiro atoms. The van der Waals surface area contributed by atoms with Gasteiger partial charge in [-0.3, -0.25) is 4.79 Å². The van der Waals surface area contributed by atoms with Gasteiger partial charge in [0.25, 0.3) is 5.91 Å². The van der Waals surface area contributed by atoms with E-state index in [4.69, 9.17) is 0 Å². The number of rotatable bonds is 3. The van der Waals surface area contributed by atoms with Gasteiger partial charge in [0.15, 0.2) is 0 Å². The first-order valence-electron chi connectivity index (χ1n) is 7.65. The molecular weight excluding hydrogens is 366 g/mol. The highest BCUT2D eigenvalue weighted by molar-refractivity contribution is 9.10. The summed E-state index contributed by atoms with van der Waals surface area (Å²) in [6.07, 6.45) is 1.61. The van der Waals surface area contributed by atoms with Crippen molar-refractivity contribution in [3.05, 3.63) is 75.5 Å². The normalized spacial score (nSPS) is 10.7. The fourth-order valence-corrected chi connectivity index (χ4v) is 2.92. The van der Waals surface area contributed by atoms with E-state index in [1.165, 1.54) is 0 Å². The average molecular weight is 384 g/mol. The minimum absolute atomic E-state index is 0.164. The van der Waals surface area contributed by atoms with Gasteiger partial charge in [-0.2, -0.15) is 5.10 Å². The average Bonchev–Trinajstić information content (AvgIpc) is 2.93. The van der Waals surface area contributed by atoms with E-state index in [1.807, 2.05) is 63.2 Å². The van der Waals surface area contributed by atoms with Crippen LogP contribution in [0.3, 0.4) is 0 Å². The van der Waals surface area contributed by atoms with Gasteiger partial charge in [0.1, 0.15) is 0 Å². The molecular formula is C19H18BrN3O. The molecule has 2 aromatic carbocycles. The molecule has 24 heavy (non-hydrogen) atoms. The lowest BCUT2D eigenvalue weighted by Gasteiger charge is -2.09. The van der Waals surface area contributed by atoms with Crippen LogP contribution in [0.25, 0.3) is 5.69 Å². The van der Waals surface area contributed by atoms with Crippen LogP contribution in [-0.4, -0.2) is 15.7 Å². The fraction of sp³-hybridized carbons (Fsp3) is 0.158. The summed E-state index contributed by atoms with van der Waals surface area (Å²) in [5.74, 6) is -0.164. The third-order valence-electron chi connectivity index (χ3n) is 4.03. The number of anilines is 1. The predicted octanol–water partition coefficient (Wildman–Crippen LogP) is 4.81. The molecule has 1 aromatic heterocycles. The van der Waals surface area contributed by atoms with Crippen molar-refractivity contribution in [3.63, 3.8) is 0 Å². The van der Waals surface area contributed by atoms with Gasteiger partial charge in [-0.05, 0) is 50.1 Å². The molecule has 0 saturated carbocycles. The monoisotopic (exact) mass is 383 g/mol. The maximum Gasteiger partial charge on any atom is 0.259 e. The van der Waals surface area contributed by atoms with Gasteiger partial charge in [0.2, 0.25) is 0 Å². The first-order valence-corrected chi connectivity index (χ1v) is 8.45. The lowest BCUT2D eigenvalue weighted by Crippen LogP contribution is -2.13. The second kappa shape index (κ2) is 6.61. The number of hydrogen-bond acceptors (Lipinski definition) is 2. The predicted molar refractivity (Wildman–Crippen MR) is 99.9 cm³/mol. The van der Waals surface area contributed by atoms with Crippen molar-refractivity contribution in [2.45, 2.75) is 20.8 Å². The lowest BCUT2D eigenvalue weighted by molar-refractivity contribution is 0.102. The molecule has 122 valence electrons. The van der Waals surface area contributed by atoms with E-state index in [0.717, 1.165) is 32.7 Å². The van der Waals surface area contributed by atoms with Crippen molar-refractivity contribution in [1.29, 1.82) is 0 Å². The molecule has 0 aliphatic rings. The van der Waals surface area contributed by atoms with E-state index in [2.05, 4.69) is 26.3 Å². The van der Waals surface area contributed by atoms with Crippen molar-refractivity contribution < 1.29 is 4.79 Å². The Labute approximate surface area is 149 Å². The second-order valence-electron chi connectivity index (χ2n) is 5.76. The van der Waals surface area contributed by atoms with Crippen molar-refractivity contribution in [1.82, 2.24) is 9.78 Å². The third kappa shape index (κ3) is 3.12. The van der Waals surface area contributed by atoms with Crippen LogP contribution >= 0.6 is 15.9 Å². The van der Waals surface area contributed by atoms with Gasteiger partial charge in [-0.15, -0.1) is 0 Å². The number of nitrogens with zero attached hydrogens (tertiary/aromatic N) is 2. The molecule has 0 aliphatic heterocycles. The Kier molecular flexibility index (Phi) is 4.53. The zero-order chi connectivity index (χ0) is 17.3. The van der Waals surface area contributed by atoms with Crippen molar-refractivity contribution in [3.8, 4) is 5.69 Å². The smallest absolute Gasteiger partial charge is 0.259 e. The van der Waals surface area contributed by atoms with Gasteiger partial charge in [0.05, 0.1) is 23.1 Å². The first-order chi connectivity index (χ1) is 11.5. The SMILES string of the molecule is Cc1ccc(NC(=O)c2cnn(-c3ccccc3C)c2C)cc1Br. The van der Waals surface area contributed by atoms with Crippen LogP contribution in [0.2, 0.25) is 0 Å². The topological polar surface area (TPSA) is 46.9 Å². The Hall–Kier alpha value is -2.40. The number of nitrogens with one attached hydrogen (secondary N) is 1. The molecule has 0 atom stereocenters. The van der Waals surface area contributed by atoms with Crippen molar-refractivity contribution >= 4 is 27.5 Å². The molecule has 1 heterocycles. The number of aryl methyl sites for hydroxylation is 2. The molecule has 0 radical (unpaired) electrons. The van der Waals surface area contributed by atoms with E-state index < -0.39 is 0 Å². The van der Waals surface area contributed by atoms with Crippen LogP contribution in [0, 0.1) is 20.8 Å². The molecule has 3 aromatic rings. The number of carbonyl (C=O) groups is 1. The van der Waals surface area contributed by atoms with E-state index >= 15 is 0 Å². The number of amides is 1. The summed E-state index contributed by atoms with van der Waals surface area (Å²) in [5, 5.41) is 7.31. The summed E-state index contributed by atoms with van der Waals surface area (Å²) in [6.45, 7) is 5.94. The van der Waals surface area contributed by atoms with Gasteiger partial charge < -0.3 is 5.32 Å². The Morgan fingerprint density at radius 1 is 1.08 bits per heavy atom. The Morgan fingerprint density at radius 3 is 2.54 bits per heavy atom. The van der Waals surface area contributed by atoms with Crippen LogP contribution in [0.5, 0.6) is 0 Å². The summed E-state index contributed by atoms with van der Waals surface area (Å²) in [7, 11) is 0. The molecule has 5 heteroatoms. The Morgan fingerprint density at radius 2 is 1.83 bits per heavy atom. The number of aromatic nitrogens is 2. The second-order valence-corrected chi connectivity index (χ2v) is 6.61. The molecule has 0 saturated heterocycles. The standard InChI is InChI=1S/C19H18BrN3O/c1-12-8-9-15(10-17(12)20)22-19(24)16-11-21-23(14(16)3)18-7-5-4-6-13(18)2/h4-11H,1-3H3,(H,22,24). The third-order valence-corrected chi connectivity index (χ3v) is 4.88. The van der Waals surface area contributed by atoms with Crippen LogP contribution in [0.1, 0.15) is 27.2 Å². The van der Waals surface area contributed by atoms with Gasteiger partial charge in [0, 0.05) is 10.2 Å². The van der Waals surface area contributed by atoms with E-state index in [0.29, 0.717) is 5.56 Å². The van der Waals surface area contributed by atoms with Gasteiger partial charge in [-0.25, -0.2) is 4.68 Å². The Bertz CT molecular complexity index is 915. The molecule has 0 fully saturated rings. The molecule has 0 aliphatic carbocycles. The zero-order valence-electron chi connectivity index (χ0n) is 13.8. The van der Waals surface area contributed by atoms with Crippen molar-refractivity contribution in [2.24, 2.45) is 0 Å². The Balaban J connectivity index is 1.89. The minimum atomic E-state index is -0.164. The first kappa shape index (κ1) is 16.5. The van der Waals surface area contributed by atoms with Crippen LogP contribution < -0.4 is 5.32 Å². The number of benzene rings is 2. The minimum Gasteiger partial charge on any atom is -0.322 e. The number of hydrogen-bond donors (Lipinski definition) is 1. The number of para-hydroxylation sites is 1. The maximum absolute atomic E-state index is 12.6. The molecule has 1 N–H and O–H groups in total.